The Balaban J connectivity index is 1.28. The zero-order valence-electron chi connectivity index (χ0n) is 29.1. The molecule has 10 aromatic rings. The lowest BCUT2D eigenvalue weighted by Crippen LogP contribution is -2.02. The van der Waals surface area contributed by atoms with Crippen molar-refractivity contribution in [2.45, 2.75) is 0 Å². The predicted molar refractivity (Wildman–Crippen MR) is 222 cm³/mol. The minimum absolute atomic E-state index is 0.589. The topological polar surface area (TPSA) is 62.5 Å². The molecule has 0 spiro atoms. The fourth-order valence-electron chi connectivity index (χ4n) is 7.74. The Bertz CT molecular complexity index is 3110. The molecular formula is C50H30N4. The molecule has 0 amide bonds. The van der Waals surface area contributed by atoms with E-state index in [1.54, 1.807) is 0 Å². The van der Waals surface area contributed by atoms with Crippen molar-refractivity contribution in [1.82, 2.24) is 15.0 Å². The van der Waals surface area contributed by atoms with Gasteiger partial charge in [-0.25, -0.2) is 15.0 Å². The SMILES string of the molecule is N#Cc1ccc(-c2cccc(-c3nc(-c4ccccc4)nc(-c4c5ccccc5c(-c5ccc6ccccc6c5)c5c4ccc4ccccc45)n3)c2)cc1. The van der Waals surface area contributed by atoms with Crippen LogP contribution in [0, 0.1) is 11.3 Å². The molecular weight excluding hydrogens is 657 g/mol. The maximum absolute atomic E-state index is 9.35. The Hall–Kier alpha value is -7.48. The third-order valence-corrected chi connectivity index (χ3v) is 10.3. The van der Waals surface area contributed by atoms with Gasteiger partial charge in [-0.1, -0.05) is 158 Å². The second kappa shape index (κ2) is 12.9. The fraction of sp³-hybridized carbons (Fsp3) is 0. The van der Waals surface area contributed by atoms with E-state index in [4.69, 9.17) is 15.0 Å². The summed E-state index contributed by atoms with van der Waals surface area (Å²) in [6.45, 7) is 0. The van der Waals surface area contributed by atoms with Gasteiger partial charge in [-0.15, -0.1) is 0 Å². The average molecular weight is 687 g/mol. The number of nitriles is 1. The van der Waals surface area contributed by atoms with Crippen LogP contribution in [-0.2, 0) is 0 Å². The maximum Gasteiger partial charge on any atom is 0.165 e. The molecule has 0 atom stereocenters. The predicted octanol–water partition coefficient (Wildman–Crippen LogP) is 12.7. The summed E-state index contributed by atoms with van der Waals surface area (Å²) >= 11 is 0. The summed E-state index contributed by atoms with van der Waals surface area (Å²) in [4.78, 5) is 15.7. The van der Waals surface area contributed by atoms with Crippen molar-refractivity contribution in [3.8, 4) is 62.5 Å². The summed E-state index contributed by atoms with van der Waals surface area (Å²) in [5.74, 6) is 1.81. The van der Waals surface area contributed by atoms with Crippen LogP contribution >= 0.6 is 0 Å². The minimum atomic E-state index is 0.589. The van der Waals surface area contributed by atoms with E-state index in [2.05, 4.69) is 121 Å². The minimum Gasteiger partial charge on any atom is -0.208 e. The summed E-state index contributed by atoms with van der Waals surface area (Å²) in [6, 6.07) is 65.3. The number of fused-ring (bicyclic) bond motifs is 5. The second-order valence-corrected chi connectivity index (χ2v) is 13.5. The monoisotopic (exact) mass is 686 g/mol. The average Bonchev–Trinajstić information content (AvgIpc) is 3.25. The Kier molecular flexibility index (Phi) is 7.49. The highest BCUT2D eigenvalue weighted by Crippen LogP contribution is 2.46. The molecule has 0 saturated heterocycles. The van der Waals surface area contributed by atoms with E-state index in [1.165, 1.54) is 38.1 Å². The molecule has 1 aromatic heterocycles. The standard InChI is InChI=1S/C50H30N4/c51-31-32-21-23-34(24-22-32)38-16-10-17-40(30-38)49-52-48(36-13-2-1-3-14-36)53-50(54-49)47-43-20-9-8-19-42(43)45(39-26-25-33-11-4-5-15-37(33)29-39)46-41-18-7-6-12-35(41)27-28-44(46)47/h1-30H. The van der Waals surface area contributed by atoms with E-state index in [9.17, 15) is 5.26 Å². The van der Waals surface area contributed by atoms with Gasteiger partial charge in [0.05, 0.1) is 11.6 Å². The van der Waals surface area contributed by atoms with Crippen LogP contribution < -0.4 is 0 Å². The van der Waals surface area contributed by atoms with Gasteiger partial charge < -0.3 is 0 Å². The Labute approximate surface area is 312 Å². The third kappa shape index (κ3) is 5.35. The zero-order chi connectivity index (χ0) is 36.0. The molecule has 0 N–H and O–H groups in total. The van der Waals surface area contributed by atoms with Gasteiger partial charge in [0.15, 0.2) is 17.5 Å². The lowest BCUT2D eigenvalue weighted by Gasteiger charge is -2.19. The molecule has 250 valence electrons. The van der Waals surface area contributed by atoms with Crippen LogP contribution in [0.25, 0.3) is 99.5 Å². The van der Waals surface area contributed by atoms with Crippen LogP contribution in [0.5, 0.6) is 0 Å². The van der Waals surface area contributed by atoms with E-state index >= 15 is 0 Å². The van der Waals surface area contributed by atoms with Crippen LogP contribution in [0.15, 0.2) is 182 Å². The molecule has 9 aromatic carbocycles. The van der Waals surface area contributed by atoms with Crippen LogP contribution in [0.2, 0.25) is 0 Å². The molecule has 0 aliphatic rings. The molecule has 0 unspecified atom stereocenters. The van der Waals surface area contributed by atoms with Crippen LogP contribution in [-0.4, -0.2) is 15.0 Å². The van der Waals surface area contributed by atoms with Crippen molar-refractivity contribution in [3.05, 3.63) is 188 Å². The van der Waals surface area contributed by atoms with Gasteiger partial charge in [-0.3, -0.25) is 0 Å². The first-order chi connectivity index (χ1) is 26.7. The summed E-state index contributed by atoms with van der Waals surface area (Å²) in [5, 5.41) is 18.6. The van der Waals surface area contributed by atoms with E-state index in [-0.39, 0.29) is 0 Å². The number of nitrogens with zero attached hydrogens (tertiary/aromatic N) is 4. The molecule has 0 radical (unpaired) electrons. The number of hydrogen-bond donors (Lipinski definition) is 0. The smallest absolute Gasteiger partial charge is 0.165 e. The van der Waals surface area contributed by atoms with Crippen LogP contribution in [0.1, 0.15) is 5.56 Å². The molecule has 0 saturated carbocycles. The molecule has 54 heavy (non-hydrogen) atoms. The van der Waals surface area contributed by atoms with Gasteiger partial charge in [-0.05, 0) is 89.6 Å². The largest absolute Gasteiger partial charge is 0.208 e. The van der Waals surface area contributed by atoms with Crippen molar-refractivity contribution in [2.75, 3.05) is 0 Å². The third-order valence-electron chi connectivity index (χ3n) is 10.3. The molecule has 4 heteroatoms. The highest BCUT2D eigenvalue weighted by molar-refractivity contribution is 6.27. The molecule has 0 aliphatic carbocycles. The van der Waals surface area contributed by atoms with E-state index < -0.39 is 0 Å². The van der Waals surface area contributed by atoms with Gasteiger partial charge in [0.25, 0.3) is 0 Å². The quantitative estimate of drug-likeness (QED) is 0.134. The van der Waals surface area contributed by atoms with E-state index in [0.29, 0.717) is 23.0 Å². The van der Waals surface area contributed by atoms with Crippen molar-refractivity contribution < 1.29 is 0 Å². The summed E-state index contributed by atoms with van der Waals surface area (Å²) in [6.07, 6.45) is 0. The maximum atomic E-state index is 9.35. The summed E-state index contributed by atoms with van der Waals surface area (Å²) in [7, 11) is 0. The van der Waals surface area contributed by atoms with E-state index in [1.807, 2.05) is 66.7 Å². The van der Waals surface area contributed by atoms with Gasteiger partial charge >= 0.3 is 0 Å². The number of rotatable bonds is 5. The lowest BCUT2D eigenvalue weighted by molar-refractivity contribution is 1.08. The van der Waals surface area contributed by atoms with Crippen molar-refractivity contribution in [3.63, 3.8) is 0 Å². The van der Waals surface area contributed by atoms with Crippen LogP contribution in [0.4, 0.5) is 0 Å². The lowest BCUT2D eigenvalue weighted by atomic mass is 9.85. The van der Waals surface area contributed by atoms with Gasteiger partial charge in [0.2, 0.25) is 0 Å². The summed E-state index contributed by atoms with van der Waals surface area (Å²) in [5.41, 5.74) is 7.78. The number of benzene rings is 9. The molecule has 10 rings (SSSR count). The second-order valence-electron chi connectivity index (χ2n) is 13.5. The normalized spacial score (nSPS) is 11.3. The fourth-order valence-corrected chi connectivity index (χ4v) is 7.74. The molecule has 0 aliphatic heterocycles. The zero-order valence-corrected chi connectivity index (χ0v) is 29.1. The number of aromatic nitrogens is 3. The van der Waals surface area contributed by atoms with Crippen molar-refractivity contribution >= 4 is 43.1 Å². The first kappa shape index (κ1) is 31.3. The highest BCUT2D eigenvalue weighted by Gasteiger charge is 2.22. The Morgan fingerprint density at radius 3 is 1.69 bits per heavy atom. The first-order valence-electron chi connectivity index (χ1n) is 18.0. The highest BCUT2D eigenvalue weighted by atomic mass is 15.0. The first-order valence-corrected chi connectivity index (χ1v) is 18.0. The van der Waals surface area contributed by atoms with Gasteiger partial charge in [0.1, 0.15) is 0 Å². The molecule has 0 fully saturated rings. The Morgan fingerprint density at radius 2 is 0.907 bits per heavy atom. The molecule has 4 nitrogen and oxygen atoms in total. The van der Waals surface area contributed by atoms with Gasteiger partial charge in [0, 0.05) is 16.7 Å². The van der Waals surface area contributed by atoms with Crippen molar-refractivity contribution in [1.29, 1.82) is 5.26 Å². The van der Waals surface area contributed by atoms with Crippen molar-refractivity contribution in [2.24, 2.45) is 0 Å². The van der Waals surface area contributed by atoms with E-state index in [0.717, 1.165) is 44.0 Å². The molecule has 0 bridgehead atoms. The number of hydrogen-bond acceptors (Lipinski definition) is 4. The van der Waals surface area contributed by atoms with Crippen LogP contribution in [0.3, 0.4) is 0 Å². The Morgan fingerprint density at radius 1 is 0.333 bits per heavy atom. The molecule has 1 heterocycles. The van der Waals surface area contributed by atoms with Gasteiger partial charge in [-0.2, -0.15) is 5.26 Å². The summed E-state index contributed by atoms with van der Waals surface area (Å²) < 4.78 is 0.